The Morgan fingerprint density at radius 2 is 1.89 bits per heavy atom. The minimum absolute atomic E-state index is 0.0361. The highest BCUT2D eigenvalue weighted by Gasteiger charge is 2.60. The van der Waals surface area contributed by atoms with Crippen molar-refractivity contribution in [1.82, 2.24) is 15.5 Å². The Hall–Kier alpha value is -4.72. The van der Waals surface area contributed by atoms with Crippen LogP contribution in [0.2, 0.25) is 0 Å². The summed E-state index contributed by atoms with van der Waals surface area (Å²) in [6, 6.07) is 5.83. The first kappa shape index (κ1) is 37.8. The molecule has 14 nitrogen and oxygen atoms in total. The number of phenols is 1. The highest BCUT2D eigenvalue weighted by molar-refractivity contribution is 7.99. The topological polar surface area (TPSA) is 181 Å². The highest BCUT2D eigenvalue weighted by atomic mass is 32.2. The Morgan fingerprint density at radius 3 is 2.63 bits per heavy atom. The maximum Gasteiger partial charge on any atom is 0.331 e. The Balaban J connectivity index is 1.29. The van der Waals surface area contributed by atoms with E-state index < -0.39 is 46.9 Å². The van der Waals surface area contributed by atoms with E-state index in [1.54, 1.807) is 7.11 Å². The fourth-order valence-electron chi connectivity index (χ4n) is 10.3. The van der Waals surface area contributed by atoms with Crippen molar-refractivity contribution in [3.63, 3.8) is 0 Å². The first-order valence-electron chi connectivity index (χ1n) is 19.4. The Morgan fingerprint density at radius 1 is 1.09 bits per heavy atom. The molecular formula is C42H46N4O10S. The van der Waals surface area contributed by atoms with Gasteiger partial charge in [-0.1, -0.05) is 12.1 Å². The lowest BCUT2D eigenvalue weighted by Gasteiger charge is -2.59. The maximum absolute atomic E-state index is 14.9. The van der Waals surface area contributed by atoms with Crippen LogP contribution in [0.25, 0.3) is 0 Å². The van der Waals surface area contributed by atoms with Crippen LogP contribution in [-0.2, 0) is 39.1 Å². The van der Waals surface area contributed by atoms with E-state index in [0.717, 1.165) is 27.8 Å². The van der Waals surface area contributed by atoms with E-state index in [-0.39, 0.29) is 37.6 Å². The van der Waals surface area contributed by atoms with Gasteiger partial charge in [-0.25, -0.2) is 4.79 Å². The number of thioether (sulfide) groups is 1. The van der Waals surface area contributed by atoms with Crippen LogP contribution in [-0.4, -0.2) is 91.7 Å². The number of carbonyl (C=O) groups is 2. The molecule has 0 unspecified atom stereocenters. The first-order valence-corrected chi connectivity index (χ1v) is 20.4. The molecule has 4 bridgehead atoms. The normalized spacial score (nSPS) is 28.0. The lowest BCUT2D eigenvalue weighted by Crippen LogP contribution is -2.69. The smallest absolute Gasteiger partial charge is 0.331 e. The summed E-state index contributed by atoms with van der Waals surface area (Å²) in [5.41, 5.74) is 5.75. The third kappa shape index (κ3) is 5.59. The number of aromatic hydroxyl groups is 1. The van der Waals surface area contributed by atoms with Gasteiger partial charge in [0.2, 0.25) is 6.79 Å². The van der Waals surface area contributed by atoms with Crippen molar-refractivity contribution in [2.75, 3.05) is 46.5 Å². The molecule has 0 radical (unpaired) electrons. The minimum atomic E-state index is -1.30. The number of hydrogen-bond acceptors (Lipinski definition) is 15. The number of carbonyl (C=O) groups excluding carboxylic acids is 2. The van der Waals surface area contributed by atoms with Gasteiger partial charge in [0, 0.05) is 60.2 Å². The summed E-state index contributed by atoms with van der Waals surface area (Å²) in [4.78, 5) is 30.0. The lowest BCUT2D eigenvalue weighted by atomic mass is 9.72. The summed E-state index contributed by atoms with van der Waals surface area (Å²) < 4.78 is 36.5. The third-order valence-electron chi connectivity index (χ3n) is 12.6. The Kier molecular flexibility index (Phi) is 9.48. The standard InChI is InChI=1S/C42H46N4O10S/c1-19-11-24-13-26-27(15-43)46-28-16-53-41(50)42(25-14-29(51-4)23(7-6-10-47)12-22(25)8-9-44-42)17-57-40(34(46)33(45-26)30(24)35(49)36(19)52-5)32-31(28)39-38(54-18-55-39)20(2)37(32)56-21(3)48/h11-12,14,26-28,33-34,40,44-45,47,49H,6-10,13,16-18H2,1-5H3/t26-,27-,28-,33+,34+,40+,42+/m0/s1. The molecule has 300 valence electrons. The van der Waals surface area contributed by atoms with E-state index in [1.165, 1.54) is 25.8 Å². The van der Waals surface area contributed by atoms with Crippen LogP contribution in [0.5, 0.6) is 34.5 Å². The number of nitrogens with one attached hydrogen (secondary N) is 2. The first-order chi connectivity index (χ1) is 27.6. The SMILES string of the molecule is COc1cc2c(cc1CCCO)CCN[C@]21CS[C@@H]2c3c(OC(C)=O)c(C)c4c(c3[C@H](COC1=O)N1[C@@H]2[C@@H]2N[C@@H](Cc3cc(C)c(OC)c(O)c32)[C@@H]1C#N)OCO4. The van der Waals surface area contributed by atoms with Crippen LogP contribution in [0, 0.1) is 25.2 Å². The number of hydrogen-bond donors (Lipinski definition) is 4. The molecule has 4 N–H and O–H groups in total. The van der Waals surface area contributed by atoms with Gasteiger partial charge < -0.3 is 44.0 Å². The van der Waals surface area contributed by atoms with Crippen molar-refractivity contribution < 1.29 is 48.2 Å². The number of fused-ring (bicyclic) bond motifs is 9. The summed E-state index contributed by atoms with van der Waals surface area (Å²) in [6.45, 7) is 5.44. The number of piperazine rings is 1. The lowest BCUT2D eigenvalue weighted by molar-refractivity contribution is -0.155. The van der Waals surface area contributed by atoms with Gasteiger partial charge in [-0.05, 0) is 73.4 Å². The van der Waals surface area contributed by atoms with Gasteiger partial charge in [0.1, 0.15) is 24.1 Å². The predicted octanol–water partition coefficient (Wildman–Crippen LogP) is 3.86. The number of aryl methyl sites for hydroxylation is 2. The molecule has 57 heavy (non-hydrogen) atoms. The molecule has 0 aliphatic carbocycles. The average molecular weight is 799 g/mol. The van der Waals surface area contributed by atoms with Gasteiger partial charge >= 0.3 is 11.9 Å². The van der Waals surface area contributed by atoms with Crippen LogP contribution in [0.4, 0.5) is 0 Å². The van der Waals surface area contributed by atoms with Gasteiger partial charge in [0.25, 0.3) is 0 Å². The number of nitriles is 1. The molecule has 0 amide bonds. The number of ether oxygens (including phenoxy) is 6. The third-order valence-corrected chi connectivity index (χ3v) is 14.1. The molecule has 15 heteroatoms. The monoisotopic (exact) mass is 798 g/mol. The second kappa shape index (κ2) is 14.3. The number of methoxy groups -OCH3 is 2. The second-order valence-electron chi connectivity index (χ2n) is 15.6. The zero-order valence-electron chi connectivity index (χ0n) is 32.5. The molecule has 7 aliphatic heterocycles. The number of rotatable bonds is 6. The highest BCUT2D eigenvalue weighted by Crippen LogP contribution is 2.63. The van der Waals surface area contributed by atoms with Crippen molar-refractivity contribution in [1.29, 1.82) is 5.26 Å². The molecule has 3 aromatic carbocycles. The zero-order chi connectivity index (χ0) is 39.9. The van der Waals surface area contributed by atoms with Crippen molar-refractivity contribution in [3.8, 4) is 40.6 Å². The molecule has 1 spiro atoms. The molecule has 2 saturated heterocycles. The van der Waals surface area contributed by atoms with Gasteiger partial charge in [-0.2, -0.15) is 5.26 Å². The maximum atomic E-state index is 14.9. The molecule has 7 atom stereocenters. The van der Waals surface area contributed by atoms with Crippen molar-refractivity contribution in [3.05, 3.63) is 68.3 Å². The van der Waals surface area contributed by atoms with Gasteiger partial charge in [-0.15, -0.1) is 11.8 Å². The number of aliphatic hydroxyl groups excluding tert-OH is 1. The molecule has 2 fully saturated rings. The van der Waals surface area contributed by atoms with Crippen molar-refractivity contribution >= 4 is 23.7 Å². The number of esters is 2. The summed E-state index contributed by atoms with van der Waals surface area (Å²) in [5.74, 6) is 1.51. The van der Waals surface area contributed by atoms with Crippen LogP contribution in [0.3, 0.4) is 0 Å². The number of aliphatic hydroxyl groups is 1. The van der Waals surface area contributed by atoms with Gasteiger partial charge in [0.05, 0.1) is 37.6 Å². The molecule has 0 aromatic heterocycles. The van der Waals surface area contributed by atoms with Crippen molar-refractivity contribution in [2.24, 2.45) is 0 Å². The molecule has 3 aromatic rings. The van der Waals surface area contributed by atoms with E-state index in [1.807, 2.05) is 26.0 Å². The second-order valence-corrected chi connectivity index (χ2v) is 16.8. The van der Waals surface area contributed by atoms with Crippen LogP contribution in [0.1, 0.15) is 80.7 Å². The molecule has 0 saturated carbocycles. The van der Waals surface area contributed by atoms with Gasteiger partial charge in [-0.3, -0.25) is 15.0 Å². The Bertz CT molecular complexity index is 2240. The fourth-order valence-corrected chi connectivity index (χ4v) is 12.0. The molecular weight excluding hydrogens is 753 g/mol. The zero-order valence-corrected chi connectivity index (χ0v) is 33.3. The predicted molar refractivity (Wildman–Crippen MR) is 207 cm³/mol. The van der Waals surface area contributed by atoms with E-state index in [2.05, 4.69) is 27.7 Å². The van der Waals surface area contributed by atoms with Crippen LogP contribution in [0.15, 0.2) is 18.2 Å². The fraction of sp³-hybridized carbons (Fsp3) is 0.500. The number of phenolic OH excluding ortho intramolecular Hbond substituents is 1. The molecule has 10 rings (SSSR count). The molecule has 7 aliphatic rings. The van der Waals surface area contributed by atoms with E-state index in [0.29, 0.717) is 83.2 Å². The quantitative estimate of drug-likeness (QED) is 0.208. The summed E-state index contributed by atoms with van der Waals surface area (Å²) >= 11 is 1.51. The summed E-state index contributed by atoms with van der Waals surface area (Å²) in [5, 5.41) is 39.4. The summed E-state index contributed by atoms with van der Waals surface area (Å²) in [6.07, 6.45) is 2.33. The van der Waals surface area contributed by atoms with E-state index in [4.69, 9.17) is 28.4 Å². The minimum Gasteiger partial charge on any atom is -0.504 e. The van der Waals surface area contributed by atoms with Crippen molar-refractivity contribution in [2.45, 2.75) is 87.5 Å². The van der Waals surface area contributed by atoms with E-state index in [9.17, 15) is 25.1 Å². The van der Waals surface area contributed by atoms with E-state index >= 15 is 0 Å². The average Bonchev–Trinajstić information content (AvgIpc) is 3.69. The molecule has 7 heterocycles. The number of benzene rings is 3. The largest absolute Gasteiger partial charge is 0.504 e. The van der Waals surface area contributed by atoms with Crippen LogP contribution >= 0.6 is 11.8 Å². The van der Waals surface area contributed by atoms with Crippen LogP contribution < -0.4 is 34.3 Å². The summed E-state index contributed by atoms with van der Waals surface area (Å²) in [7, 11) is 3.14. The number of nitrogens with zero attached hydrogens (tertiary/aromatic N) is 2. The Labute approximate surface area is 334 Å². The van der Waals surface area contributed by atoms with Gasteiger partial charge in [0.15, 0.2) is 28.5 Å².